The number of ketones is 1. The summed E-state index contributed by atoms with van der Waals surface area (Å²) >= 11 is 6.46. The van der Waals surface area contributed by atoms with Gasteiger partial charge >= 0.3 is 0 Å². The van der Waals surface area contributed by atoms with Crippen molar-refractivity contribution in [3.05, 3.63) is 94.2 Å². The first-order valence-electron chi connectivity index (χ1n) is 20.2. The van der Waals surface area contributed by atoms with Crippen LogP contribution in [0.1, 0.15) is 52.7 Å². The molecule has 0 saturated carbocycles. The van der Waals surface area contributed by atoms with Gasteiger partial charge in [-0.1, -0.05) is 23.7 Å². The molecule has 0 aliphatic carbocycles. The molecule has 2 aromatic carbocycles. The van der Waals surface area contributed by atoms with Gasteiger partial charge in [0.25, 0.3) is 0 Å². The number of nitriles is 1. The van der Waals surface area contributed by atoms with Gasteiger partial charge < -0.3 is 19.7 Å². The Hall–Kier alpha value is -4.45. The Balaban J connectivity index is 1.93. The van der Waals surface area contributed by atoms with E-state index in [0.29, 0.717) is 0 Å². The standard InChI is InChI=1S/C32H32ClN5O3/c1-5-40-31-17-29-27(15-22(31)14-26(39)10-7-13-38(3)4)32(23(18-34)19-35-29)37-24-11-12-30(28(33)16-24)41-20-25-9-6-8-21(2)36-25/h6-12,15-17,19H,5,13-14,20H2,1-4H3,(H,35,37)/b10-7+/i1D3,3D3,5D2,6D,8D,9D,11D,12D,15D,16D,17D,19D. The van der Waals surface area contributed by atoms with Crippen LogP contribution < -0.4 is 14.8 Å². The number of halogens is 1. The van der Waals surface area contributed by atoms with Gasteiger partial charge in [-0.15, -0.1) is 0 Å². The lowest BCUT2D eigenvalue weighted by Crippen LogP contribution is -2.11. The molecule has 0 unspecified atom stereocenters. The highest BCUT2D eigenvalue weighted by atomic mass is 35.5. The third-order valence-corrected chi connectivity index (χ3v) is 5.45. The fourth-order valence-corrected chi connectivity index (χ4v) is 3.63. The summed E-state index contributed by atoms with van der Waals surface area (Å²) in [6.45, 7) is -8.82. The minimum absolute atomic E-state index is 0.101. The number of nitrogens with zero attached hydrogens (tertiary/aromatic N) is 4. The van der Waals surface area contributed by atoms with Crippen molar-refractivity contribution in [1.29, 1.82) is 5.26 Å². The second kappa shape index (κ2) is 13.8. The van der Waals surface area contributed by atoms with Crippen LogP contribution in [0.3, 0.4) is 0 Å². The molecule has 0 bridgehead atoms. The lowest BCUT2D eigenvalue weighted by Gasteiger charge is -2.16. The molecule has 4 aromatic rings. The molecule has 0 aliphatic rings. The molecule has 0 saturated heterocycles. The Morgan fingerprint density at radius 1 is 1.27 bits per heavy atom. The SMILES string of the molecule is [2H]c1nc2c([2H])c(OC([2H])([2H])C([2H])([2H])[2H])c(CC(=O)/C=C/CN(C)C([2H])([2H])[2H])c([2H])c2c(Nc2c([2H])c([2H])c(OCc3nc(C)c([2H])c([2H])c3[2H])c(Cl)c2[2H])c1C#N. The molecule has 0 spiro atoms. The van der Waals surface area contributed by atoms with E-state index in [4.69, 9.17) is 43.0 Å². The third kappa shape index (κ3) is 7.82. The number of pyridine rings is 2. The van der Waals surface area contributed by atoms with Crippen molar-refractivity contribution < 1.29 is 37.6 Å². The minimum Gasteiger partial charge on any atom is -0.494 e. The molecule has 2 aromatic heterocycles. The second-order valence-electron chi connectivity index (χ2n) is 8.32. The maximum absolute atomic E-state index is 13.2. The van der Waals surface area contributed by atoms with Gasteiger partial charge in [-0.2, -0.15) is 5.26 Å². The number of ether oxygens (including phenoxy) is 2. The monoisotopic (exact) mass is 586 g/mol. The lowest BCUT2D eigenvalue weighted by atomic mass is 10.0. The van der Waals surface area contributed by atoms with E-state index in [1.54, 1.807) is 6.07 Å². The van der Waals surface area contributed by atoms with Crippen molar-refractivity contribution in [3.8, 4) is 17.6 Å². The normalized spacial score (nSPS) is 18.1. The van der Waals surface area contributed by atoms with Gasteiger partial charge in [0.05, 0.1) is 49.1 Å². The molecule has 9 heteroatoms. The van der Waals surface area contributed by atoms with Crippen LogP contribution in [0.2, 0.25) is 5.02 Å². The van der Waals surface area contributed by atoms with Crippen molar-refractivity contribution in [1.82, 2.24) is 14.9 Å². The van der Waals surface area contributed by atoms with Crippen LogP contribution in [0.4, 0.5) is 11.4 Å². The van der Waals surface area contributed by atoms with Crippen LogP contribution >= 0.6 is 11.6 Å². The number of allylic oxidation sites excluding steroid dienone is 1. The van der Waals surface area contributed by atoms with Crippen LogP contribution in [-0.4, -0.2) is 47.8 Å². The van der Waals surface area contributed by atoms with Crippen LogP contribution in [0.5, 0.6) is 11.5 Å². The lowest BCUT2D eigenvalue weighted by molar-refractivity contribution is -0.114. The average molecular weight is 587 g/mol. The summed E-state index contributed by atoms with van der Waals surface area (Å²) in [6.07, 6.45) is 0.425. The highest BCUT2D eigenvalue weighted by Crippen LogP contribution is 2.36. The van der Waals surface area contributed by atoms with Gasteiger partial charge in [0.2, 0.25) is 0 Å². The van der Waals surface area contributed by atoms with Gasteiger partial charge in [0, 0.05) is 55.7 Å². The smallest absolute Gasteiger partial charge is 0.159 e. The summed E-state index contributed by atoms with van der Waals surface area (Å²) in [6, 6.07) is -3.34. The van der Waals surface area contributed by atoms with E-state index in [0.717, 1.165) is 11.0 Å². The van der Waals surface area contributed by atoms with E-state index >= 15 is 0 Å². The largest absolute Gasteiger partial charge is 0.494 e. The number of carbonyl (C=O) groups excluding carboxylic acids is 1. The van der Waals surface area contributed by atoms with Crippen LogP contribution in [0.15, 0.2) is 66.7 Å². The van der Waals surface area contributed by atoms with E-state index < -0.39 is 138 Å². The van der Waals surface area contributed by atoms with Crippen LogP contribution in [-0.2, 0) is 17.8 Å². The number of benzene rings is 2. The Bertz CT molecular complexity index is 2370. The fourth-order valence-electron chi connectivity index (χ4n) is 3.43. The predicted octanol–water partition coefficient (Wildman–Crippen LogP) is 6.41. The number of likely N-dealkylation sites (N-methyl/N-ethyl adjacent to an activating group) is 1. The summed E-state index contributed by atoms with van der Waals surface area (Å²) in [5, 5.41) is 11.7. The van der Waals surface area contributed by atoms with E-state index in [2.05, 4.69) is 15.3 Å². The molecule has 0 amide bonds. The van der Waals surface area contributed by atoms with E-state index in [9.17, 15) is 11.4 Å². The number of rotatable bonds is 12. The van der Waals surface area contributed by atoms with E-state index in [1.165, 1.54) is 20.0 Å². The van der Waals surface area contributed by atoms with Crippen molar-refractivity contribution in [3.63, 3.8) is 0 Å². The molecule has 0 atom stereocenters. The van der Waals surface area contributed by atoms with Gasteiger partial charge in [0.15, 0.2) is 5.78 Å². The zero-order chi connectivity index (χ0) is 44.0. The quantitative estimate of drug-likeness (QED) is 0.190. The second-order valence-corrected chi connectivity index (χ2v) is 8.70. The predicted molar refractivity (Wildman–Crippen MR) is 162 cm³/mol. The zero-order valence-electron chi connectivity index (χ0n) is 38.7. The number of nitrogens with one attached hydrogen (secondary N) is 1. The maximum Gasteiger partial charge on any atom is 0.159 e. The number of hydrogen-bond acceptors (Lipinski definition) is 8. The number of fused-ring (bicyclic) bond motifs is 1. The van der Waals surface area contributed by atoms with Crippen molar-refractivity contribution in [2.24, 2.45) is 0 Å². The highest BCUT2D eigenvalue weighted by Gasteiger charge is 2.16. The Kier molecular flexibility index (Phi) is 4.84. The fraction of sp³-hybridized carbons (Fsp3) is 0.250. The van der Waals surface area contributed by atoms with Gasteiger partial charge in [-0.05, 0) is 70.1 Å². The highest BCUT2D eigenvalue weighted by molar-refractivity contribution is 6.32. The molecule has 2 heterocycles. The molecule has 4 rings (SSSR count). The first-order chi connectivity index (χ1) is 26.7. The Morgan fingerprint density at radius 2 is 2.15 bits per heavy atom. The summed E-state index contributed by atoms with van der Waals surface area (Å²) in [5.74, 6) is -2.27. The number of aryl methyl sites for hydroxylation is 1. The molecular formula is C32H32ClN5O3. The molecule has 210 valence electrons. The van der Waals surface area contributed by atoms with Crippen molar-refractivity contribution >= 4 is 39.7 Å². The number of hydrogen-bond donors (Lipinski definition) is 1. The Labute approximate surface area is 269 Å². The first kappa shape index (κ1) is 14.4. The van der Waals surface area contributed by atoms with Crippen LogP contribution in [0.25, 0.3) is 10.9 Å². The summed E-state index contributed by atoms with van der Waals surface area (Å²) in [4.78, 5) is 22.1. The van der Waals surface area contributed by atoms with Gasteiger partial charge in [0.1, 0.15) is 24.2 Å². The molecule has 0 radical (unpaired) electrons. The van der Waals surface area contributed by atoms with Gasteiger partial charge in [-0.25, -0.2) is 0 Å². The molecular weight excluding hydrogens is 538 g/mol. The summed E-state index contributed by atoms with van der Waals surface area (Å²) in [5.41, 5.74) is -2.92. The third-order valence-electron chi connectivity index (χ3n) is 5.19. The van der Waals surface area contributed by atoms with Gasteiger partial charge in [-0.3, -0.25) is 14.8 Å². The Morgan fingerprint density at radius 3 is 2.95 bits per heavy atom. The summed E-state index contributed by atoms with van der Waals surface area (Å²) < 4.78 is 149. The van der Waals surface area contributed by atoms with Crippen molar-refractivity contribution in [2.75, 3.05) is 32.4 Å². The minimum atomic E-state index is -3.51. The number of anilines is 2. The number of carbonyl (C=O) groups is 1. The topological polar surface area (TPSA) is 100 Å². The van der Waals surface area contributed by atoms with Crippen molar-refractivity contribution in [2.45, 2.75) is 26.8 Å². The molecule has 0 fully saturated rings. The first-order valence-corrected chi connectivity index (χ1v) is 12.1. The van der Waals surface area contributed by atoms with Crippen LogP contribution in [0, 0.1) is 18.3 Å². The number of aromatic nitrogens is 2. The molecule has 41 heavy (non-hydrogen) atoms. The molecule has 0 aliphatic heterocycles. The molecule has 8 nitrogen and oxygen atoms in total. The molecule has 1 N–H and O–H groups in total. The van der Waals surface area contributed by atoms with E-state index in [-0.39, 0.29) is 24.0 Å². The zero-order valence-corrected chi connectivity index (χ0v) is 22.4. The average Bonchev–Trinajstić information content (AvgIpc) is 3.12. The maximum atomic E-state index is 13.2. The summed E-state index contributed by atoms with van der Waals surface area (Å²) in [7, 11) is 1.26. The van der Waals surface area contributed by atoms with E-state index in [1.807, 2.05) is 0 Å².